The van der Waals surface area contributed by atoms with Crippen LogP contribution in [0, 0.1) is 5.92 Å². The molecule has 0 heterocycles. The summed E-state index contributed by atoms with van der Waals surface area (Å²) in [4.78, 5) is 0. The first-order chi connectivity index (χ1) is 7.00. The summed E-state index contributed by atoms with van der Waals surface area (Å²) < 4.78 is 0. The van der Waals surface area contributed by atoms with Gasteiger partial charge in [0.1, 0.15) is 0 Å². The zero-order valence-corrected chi connectivity index (χ0v) is 10.2. The van der Waals surface area contributed by atoms with Gasteiger partial charge in [-0.25, -0.2) is 0 Å². The van der Waals surface area contributed by atoms with Crippen LogP contribution in [0.3, 0.4) is 0 Å². The third kappa shape index (κ3) is 3.43. The van der Waals surface area contributed by atoms with Gasteiger partial charge >= 0.3 is 0 Å². The smallest absolute Gasteiger partial charge is 0.0384 e. The van der Waals surface area contributed by atoms with Crippen LogP contribution in [-0.2, 0) is 0 Å². The first-order valence-electron chi connectivity index (χ1n) is 5.56. The molecule has 1 aromatic carbocycles. The summed E-state index contributed by atoms with van der Waals surface area (Å²) in [6.45, 7) is 12.7. The highest BCUT2D eigenvalue weighted by atomic mass is 14.9. The summed E-state index contributed by atoms with van der Waals surface area (Å²) in [6.07, 6.45) is 0. The maximum absolute atomic E-state index is 4.01. The Morgan fingerprint density at radius 3 is 2.40 bits per heavy atom. The van der Waals surface area contributed by atoms with Crippen LogP contribution in [0.4, 0.5) is 5.69 Å². The summed E-state index contributed by atoms with van der Waals surface area (Å²) >= 11 is 0. The van der Waals surface area contributed by atoms with E-state index in [2.05, 4.69) is 63.9 Å². The minimum atomic E-state index is 0.465. The molecule has 0 bridgehead atoms. The van der Waals surface area contributed by atoms with E-state index in [0.717, 1.165) is 11.4 Å². The highest BCUT2D eigenvalue weighted by Crippen LogP contribution is 2.20. The Morgan fingerprint density at radius 2 is 1.87 bits per heavy atom. The topological polar surface area (TPSA) is 12.0 Å². The molecule has 0 aromatic heterocycles. The number of hydrogen-bond acceptors (Lipinski definition) is 1. The predicted molar refractivity (Wildman–Crippen MR) is 68.1 cm³/mol. The van der Waals surface area contributed by atoms with Gasteiger partial charge in [0.2, 0.25) is 0 Å². The first-order valence-corrected chi connectivity index (χ1v) is 5.56. The van der Waals surface area contributed by atoms with E-state index < -0.39 is 0 Å². The van der Waals surface area contributed by atoms with Crippen molar-refractivity contribution in [1.82, 2.24) is 0 Å². The van der Waals surface area contributed by atoms with Gasteiger partial charge in [-0.3, -0.25) is 0 Å². The molecule has 0 radical (unpaired) electrons. The molecule has 0 spiro atoms. The lowest BCUT2D eigenvalue weighted by Crippen LogP contribution is -2.04. The maximum Gasteiger partial charge on any atom is 0.0384 e. The zero-order chi connectivity index (χ0) is 11.4. The fourth-order valence-corrected chi connectivity index (χ4v) is 1.31. The zero-order valence-electron chi connectivity index (χ0n) is 10.2. The van der Waals surface area contributed by atoms with Gasteiger partial charge in [-0.2, -0.15) is 0 Å². The molecule has 1 N–H and O–H groups in total. The van der Waals surface area contributed by atoms with Crippen LogP contribution < -0.4 is 5.32 Å². The van der Waals surface area contributed by atoms with E-state index in [4.69, 9.17) is 0 Å². The van der Waals surface area contributed by atoms with E-state index in [1.165, 1.54) is 5.56 Å². The van der Waals surface area contributed by atoms with Crippen LogP contribution in [0.1, 0.15) is 39.2 Å². The van der Waals surface area contributed by atoms with Crippen LogP contribution in [-0.4, -0.2) is 0 Å². The highest BCUT2D eigenvalue weighted by molar-refractivity contribution is 5.50. The van der Waals surface area contributed by atoms with Crippen molar-refractivity contribution in [2.24, 2.45) is 5.92 Å². The molecule has 1 heteroatoms. The van der Waals surface area contributed by atoms with Gasteiger partial charge in [-0.1, -0.05) is 46.4 Å². The van der Waals surface area contributed by atoms with Crippen molar-refractivity contribution in [3.8, 4) is 0 Å². The van der Waals surface area contributed by atoms with Crippen LogP contribution in [0.25, 0.3) is 0 Å². The summed E-state index contributed by atoms with van der Waals surface area (Å²) in [7, 11) is 0. The second-order valence-electron chi connectivity index (χ2n) is 4.59. The minimum absolute atomic E-state index is 0.465. The number of rotatable bonds is 4. The SMILES string of the molecule is C=C(Nc1cccc(C(C)C)c1)C(C)C. The van der Waals surface area contributed by atoms with Gasteiger partial charge in [0.25, 0.3) is 0 Å². The van der Waals surface area contributed by atoms with Crippen molar-refractivity contribution >= 4 is 5.69 Å². The van der Waals surface area contributed by atoms with Crippen LogP contribution >= 0.6 is 0 Å². The third-order valence-corrected chi connectivity index (χ3v) is 2.56. The number of anilines is 1. The van der Waals surface area contributed by atoms with Crippen molar-refractivity contribution in [1.29, 1.82) is 0 Å². The van der Waals surface area contributed by atoms with Gasteiger partial charge < -0.3 is 5.32 Å². The molecule has 0 amide bonds. The van der Waals surface area contributed by atoms with E-state index in [1.54, 1.807) is 0 Å². The minimum Gasteiger partial charge on any atom is -0.359 e. The van der Waals surface area contributed by atoms with Crippen LogP contribution in [0.15, 0.2) is 36.5 Å². The lowest BCUT2D eigenvalue weighted by Gasteiger charge is -2.14. The van der Waals surface area contributed by atoms with E-state index in [-0.39, 0.29) is 0 Å². The Labute approximate surface area is 93.2 Å². The number of nitrogens with one attached hydrogen (secondary N) is 1. The average Bonchev–Trinajstić information content (AvgIpc) is 2.18. The number of allylic oxidation sites excluding steroid dienone is 1. The second kappa shape index (κ2) is 5.01. The highest BCUT2D eigenvalue weighted by Gasteiger charge is 2.03. The molecule has 0 saturated heterocycles. The molecule has 0 atom stereocenters. The molecule has 0 unspecified atom stereocenters. The summed E-state index contributed by atoms with van der Waals surface area (Å²) in [5, 5.41) is 3.34. The van der Waals surface area contributed by atoms with E-state index in [9.17, 15) is 0 Å². The first kappa shape index (κ1) is 11.8. The van der Waals surface area contributed by atoms with Gasteiger partial charge in [-0.05, 0) is 29.5 Å². The summed E-state index contributed by atoms with van der Waals surface area (Å²) in [5.41, 5.74) is 3.56. The van der Waals surface area contributed by atoms with Crippen LogP contribution in [0.5, 0.6) is 0 Å². The number of benzene rings is 1. The lowest BCUT2D eigenvalue weighted by molar-refractivity contribution is 0.778. The normalized spacial score (nSPS) is 10.8. The quantitative estimate of drug-likeness (QED) is 0.765. The van der Waals surface area contributed by atoms with Crippen molar-refractivity contribution in [3.05, 3.63) is 42.1 Å². The number of hydrogen-bond donors (Lipinski definition) is 1. The molecule has 0 aliphatic carbocycles. The van der Waals surface area contributed by atoms with Crippen molar-refractivity contribution in [3.63, 3.8) is 0 Å². The molecule has 1 aromatic rings. The average molecular weight is 203 g/mol. The predicted octanol–water partition coefficient (Wildman–Crippen LogP) is 4.39. The standard InChI is InChI=1S/C14H21N/c1-10(2)12(5)15-14-8-6-7-13(9-14)11(3)4/h6-11,15H,5H2,1-4H3. The molecule has 15 heavy (non-hydrogen) atoms. The Kier molecular flexibility index (Phi) is 3.96. The molecule has 0 saturated carbocycles. The van der Waals surface area contributed by atoms with E-state index in [1.807, 2.05) is 0 Å². The summed E-state index contributed by atoms with van der Waals surface area (Å²) in [5.74, 6) is 1.03. The summed E-state index contributed by atoms with van der Waals surface area (Å²) in [6, 6.07) is 8.52. The molecule has 1 rings (SSSR count). The lowest BCUT2D eigenvalue weighted by atomic mass is 10.0. The third-order valence-electron chi connectivity index (χ3n) is 2.56. The molecular formula is C14H21N. The van der Waals surface area contributed by atoms with Crippen molar-refractivity contribution < 1.29 is 0 Å². The monoisotopic (exact) mass is 203 g/mol. The molecule has 1 nitrogen and oxygen atoms in total. The van der Waals surface area contributed by atoms with E-state index >= 15 is 0 Å². The largest absolute Gasteiger partial charge is 0.359 e. The Bertz CT molecular complexity index is 337. The van der Waals surface area contributed by atoms with Gasteiger partial charge in [0, 0.05) is 11.4 Å². The molecule has 0 aliphatic rings. The maximum atomic E-state index is 4.01. The fraction of sp³-hybridized carbons (Fsp3) is 0.429. The molecule has 82 valence electrons. The molecule has 0 fully saturated rings. The van der Waals surface area contributed by atoms with Gasteiger partial charge in [0.05, 0.1) is 0 Å². The van der Waals surface area contributed by atoms with Gasteiger partial charge in [0.15, 0.2) is 0 Å². The second-order valence-corrected chi connectivity index (χ2v) is 4.59. The molecule has 0 aliphatic heterocycles. The Morgan fingerprint density at radius 1 is 1.20 bits per heavy atom. The molecular weight excluding hydrogens is 182 g/mol. The van der Waals surface area contributed by atoms with Crippen molar-refractivity contribution in [2.75, 3.05) is 5.32 Å². The van der Waals surface area contributed by atoms with E-state index in [0.29, 0.717) is 11.8 Å². The Hall–Kier alpha value is -1.24. The van der Waals surface area contributed by atoms with Crippen LogP contribution in [0.2, 0.25) is 0 Å². The Balaban J connectivity index is 2.78. The van der Waals surface area contributed by atoms with Gasteiger partial charge in [-0.15, -0.1) is 0 Å². The fourth-order valence-electron chi connectivity index (χ4n) is 1.31. The van der Waals surface area contributed by atoms with Crippen molar-refractivity contribution in [2.45, 2.75) is 33.6 Å².